The van der Waals surface area contributed by atoms with Crippen LogP contribution in [0.2, 0.25) is 0 Å². The Hall–Kier alpha value is -2.36. The number of para-hydroxylation sites is 1. The van der Waals surface area contributed by atoms with Gasteiger partial charge in [-0.25, -0.2) is 9.78 Å². The van der Waals surface area contributed by atoms with Crippen molar-refractivity contribution >= 4 is 16.9 Å². The number of unbranched alkanes of at least 4 members (excludes halogenated alkanes) is 6. The maximum Gasteiger partial charge on any atom is 0.330 e. The Morgan fingerprint density at radius 1 is 0.964 bits per heavy atom. The smallest absolute Gasteiger partial charge is 0.330 e. The van der Waals surface area contributed by atoms with Crippen molar-refractivity contribution in [1.82, 2.24) is 4.98 Å². The molecule has 2 rings (SSSR count). The summed E-state index contributed by atoms with van der Waals surface area (Å²) in [6, 6.07) is 12.1. The highest BCUT2D eigenvalue weighted by atomic mass is 16.5. The number of hydrogen-bond acceptors (Lipinski definition) is 4. The summed E-state index contributed by atoms with van der Waals surface area (Å²) in [6.07, 6.45) is 11.0. The molecule has 4 nitrogen and oxygen atoms in total. The largest absolute Gasteiger partial charge is 0.478 e. The summed E-state index contributed by atoms with van der Waals surface area (Å²) >= 11 is 0. The molecule has 28 heavy (non-hydrogen) atoms. The van der Waals surface area contributed by atoms with Gasteiger partial charge in [-0.1, -0.05) is 55.9 Å². The normalized spacial score (nSPS) is 11.6. The zero-order chi connectivity index (χ0) is 20.0. The molecule has 0 saturated carbocycles. The highest BCUT2D eigenvalue weighted by molar-refractivity contribution is 5.82. The summed E-state index contributed by atoms with van der Waals surface area (Å²) in [5.41, 5.74) is 2.09. The molecule has 0 aliphatic heterocycles. The second-order valence-electron chi connectivity index (χ2n) is 7.16. The van der Waals surface area contributed by atoms with Crippen molar-refractivity contribution in [1.29, 1.82) is 0 Å². The molecule has 0 amide bonds. The molecule has 0 atom stereocenters. The first-order chi connectivity index (χ1) is 13.7. The first-order valence-corrected chi connectivity index (χ1v) is 10.5. The van der Waals surface area contributed by atoms with E-state index in [1.54, 1.807) is 6.08 Å². The Morgan fingerprint density at radius 2 is 1.68 bits per heavy atom. The molecule has 152 valence electrons. The van der Waals surface area contributed by atoms with Crippen molar-refractivity contribution in [2.24, 2.45) is 0 Å². The Morgan fingerprint density at radius 3 is 2.46 bits per heavy atom. The average Bonchev–Trinajstić information content (AvgIpc) is 2.69. The molecular weight excluding hydrogens is 350 g/mol. The minimum absolute atomic E-state index is 0.221. The Balaban J connectivity index is 1.47. The fourth-order valence-electron chi connectivity index (χ4n) is 3.15. The molecule has 0 bridgehead atoms. The molecule has 0 aliphatic carbocycles. The lowest BCUT2D eigenvalue weighted by Crippen LogP contribution is -2.00. The first-order valence-electron chi connectivity index (χ1n) is 10.5. The van der Waals surface area contributed by atoms with Crippen LogP contribution < -0.4 is 4.74 Å². The van der Waals surface area contributed by atoms with Crippen LogP contribution in [0, 0.1) is 0 Å². The predicted octanol–water partition coefficient (Wildman–Crippen LogP) is 6.24. The third kappa shape index (κ3) is 8.55. The van der Waals surface area contributed by atoms with Gasteiger partial charge in [0, 0.05) is 17.5 Å². The van der Waals surface area contributed by atoms with Crippen molar-refractivity contribution in [2.75, 3.05) is 13.2 Å². The molecular formula is C24H33NO3. The molecule has 1 aromatic heterocycles. The molecule has 0 saturated heterocycles. The second-order valence-corrected chi connectivity index (χ2v) is 7.16. The summed E-state index contributed by atoms with van der Waals surface area (Å²) in [7, 11) is 0. The van der Waals surface area contributed by atoms with E-state index in [2.05, 4.69) is 17.1 Å². The van der Waals surface area contributed by atoms with E-state index in [1.165, 1.54) is 32.1 Å². The van der Waals surface area contributed by atoms with E-state index in [0.717, 1.165) is 42.3 Å². The molecule has 0 radical (unpaired) electrons. The Labute approximate surface area is 169 Å². The van der Waals surface area contributed by atoms with Crippen LogP contribution in [0.1, 0.15) is 65.2 Å². The summed E-state index contributed by atoms with van der Waals surface area (Å²) in [6.45, 7) is 4.99. The fourth-order valence-corrected chi connectivity index (χ4v) is 3.15. The van der Waals surface area contributed by atoms with Crippen molar-refractivity contribution in [2.45, 2.75) is 65.2 Å². The number of allylic oxidation sites excluding steroid dienone is 1. The van der Waals surface area contributed by atoms with Gasteiger partial charge >= 0.3 is 5.97 Å². The SMILES string of the molecule is CCOC(=O)C=C(C)CCCCCCCCCOc1ccc2ccccc2n1. The van der Waals surface area contributed by atoms with Crippen LogP contribution in [0.25, 0.3) is 10.9 Å². The van der Waals surface area contributed by atoms with Crippen molar-refractivity contribution in [3.8, 4) is 5.88 Å². The van der Waals surface area contributed by atoms with Crippen molar-refractivity contribution in [3.63, 3.8) is 0 Å². The van der Waals surface area contributed by atoms with Crippen molar-refractivity contribution in [3.05, 3.63) is 48.0 Å². The van der Waals surface area contributed by atoms with Crippen LogP contribution >= 0.6 is 0 Å². The molecule has 2 aromatic rings. The standard InChI is InChI=1S/C24H33NO3/c1-3-27-24(26)19-20(2)13-9-7-5-4-6-8-12-18-28-23-17-16-21-14-10-11-15-22(21)25-23/h10-11,14-17,19H,3-9,12-13,18H2,1-2H3. The molecule has 1 heterocycles. The number of carbonyl (C=O) groups is 1. The summed E-state index contributed by atoms with van der Waals surface area (Å²) < 4.78 is 10.7. The number of fused-ring (bicyclic) bond motifs is 1. The van der Waals surface area contributed by atoms with E-state index in [1.807, 2.05) is 38.1 Å². The highest BCUT2D eigenvalue weighted by Crippen LogP contribution is 2.17. The molecule has 4 heteroatoms. The molecule has 1 aromatic carbocycles. The van der Waals surface area contributed by atoms with Gasteiger partial charge in [0.25, 0.3) is 0 Å². The van der Waals surface area contributed by atoms with E-state index in [9.17, 15) is 4.79 Å². The van der Waals surface area contributed by atoms with E-state index in [-0.39, 0.29) is 5.97 Å². The summed E-state index contributed by atoms with van der Waals surface area (Å²) in [4.78, 5) is 15.9. The summed E-state index contributed by atoms with van der Waals surface area (Å²) in [5.74, 6) is 0.492. The van der Waals surface area contributed by atoms with Gasteiger partial charge in [-0.15, -0.1) is 0 Å². The van der Waals surface area contributed by atoms with Crippen LogP contribution in [0.3, 0.4) is 0 Å². The monoisotopic (exact) mass is 383 g/mol. The Kier molecular flexibility index (Phi) is 10.1. The molecule has 0 N–H and O–H groups in total. The van der Waals surface area contributed by atoms with Crippen LogP contribution in [-0.4, -0.2) is 24.2 Å². The number of carbonyl (C=O) groups excluding carboxylic acids is 1. The van der Waals surface area contributed by atoms with Gasteiger partial charge in [0.15, 0.2) is 0 Å². The number of pyridine rings is 1. The minimum Gasteiger partial charge on any atom is -0.478 e. The van der Waals surface area contributed by atoms with Gasteiger partial charge in [0.1, 0.15) is 0 Å². The van der Waals surface area contributed by atoms with E-state index >= 15 is 0 Å². The number of rotatable bonds is 13. The average molecular weight is 384 g/mol. The zero-order valence-electron chi connectivity index (χ0n) is 17.3. The molecule has 0 unspecified atom stereocenters. The number of benzene rings is 1. The van der Waals surface area contributed by atoms with Gasteiger partial charge in [-0.3, -0.25) is 0 Å². The number of esters is 1. The fraction of sp³-hybridized carbons (Fsp3) is 0.500. The zero-order valence-corrected chi connectivity index (χ0v) is 17.3. The lowest BCUT2D eigenvalue weighted by Gasteiger charge is -2.06. The van der Waals surface area contributed by atoms with Gasteiger partial charge < -0.3 is 9.47 Å². The van der Waals surface area contributed by atoms with Gasteiger partial charge in [-0.05, 0) is 45.2 Å². The third-order valence-corrected chi connectivity index (χ3v) is 4.69. The van der Waals surface area contributed by atoms with Gasteiger partial charge in [0.05, 0.1) is 18.7 Å². The van der Waals surface area contributed by atoms with Crippen molar-refractivity contribution < 1.29 is 14.3 Å². The van der Waals surface area contributed by atoms with Crippen LogP contribution in [0.5, 0.6) is 5.88 Å². The lowest BCUT2D eigenvalue weighted by molar-refractivity contribution is -0.137. The molecule has 0 aliphatic rings. The topological polar surface area (TPSA) is 48.4 Å². The van der Waals surface area contributed by atoms with E-state index in [4.69, 9.17) is 9.47 Å². The van der Waals surface area contributed by atoms with Crippen LogP contribution in [0.15, 0.2) is 48.0 Å². The number of hydrogen-bond donors (Lipinski definition) is 0. The number of ether oxygens (including phenoxy) is 2. The first kappa shape index (κ1) is 21.9. The predicted molar refractivity (Wildman–Crippen MR) is 115 cm³/mol. The molecule has 0 fully saturated rings. The second kappa shape index (κ2) is 12.9. The minimum atomic E-state index is -0.221. The number of aromatic nitrogens is 1. The van der Waals surface area contributed by atoms with Crippen LogP contribution in [-0.2, 0) is 9.53 Å². The number of nitrogens with zero attached hydrogens (tertiary/aromatic N) is 1. The van der Waals surface area contributed by atoms with E-state index < -0.39 is 0 Å². The lowest BCUT2D eigenvalue weighted by atomic mass is 10.1. The maximum atomic E-state index is 11.3. The summed E-state index contributed by atoms with van der Waals surface area (Å²) in [5, 5.41) is 1.14. The van der Waals surface area contributed by atoms with Crippen LogP contribution in [0.4, 0.5) is 0 Å². The molecule has 0 spiro atoms. The van der Waals surface area contributed by atoms with E-state index in [0.29, 0.717) is 12.5 Å². The Bertz CT molecular complexity index is 754. The quantitative estimate of drug-likeness (QED) is 0.233. The maximum absolute atomic E-state index is 11.3. The third-order valence-electron chi connectivity index (χ3n) is 4.69. The highest BCUT2D eigenvalue weighted by Gasteiger charge is 2.00. The van der Waals surface area contributed by atoms with Gasteiger partial charge in [0.2, 0.25) is 5.88 Å². The van der Waals surface area contributed by atoms with Gasteiger partial charge in [-0.2, -0.15) is 0 Å².